The SMILES string of the molecule is O=c1c(NCC2CCN(CC(F)(F)F)CC2)nccn1C1CC1. The number of hydrogen-bond donors (Lipinski definition) is 1. The molecule has 2 heterocycles. The molecule has 0 aromatic carbocycles. The molecule has 8 heteroatoms. The summed E-state index contributed by atoms with van der Waals surface area (Å²) in [5, 5.41) is 3.08. The molecule has 5 nitrogen and oxygen atoms in total. The second-order valence-electron chi connectivity index (χ2n) is 6.44. The zero-order valence-electron chi connectivity index (χ0n) is 12.9. The highest BCUT2D eigenvalue weighted by molar-refractivity contribution is 5.31. The van der Waals surface area contributed by atoms with Crippen LogP contribution in [0.5, 0.6) is 0 Å². The predicted molar refractivity (Wildman–Crippen MR) is 80.5 cm³/mol. The fraction of sp³-hybridized carbons (Fsp3) is 0.733. The summed E-state index contributed by atoms with van der Waals surface area (Å²) in [6.07, 6.45) is 2.66. The van der Waals surface area contributed by atoms with E-state index in [2.05, 4.69) is 10.3 Å². The van der Waals surface area contributed by atoms with Crippen molar-refractivity contribution in [2.75, 3.05) is 31.5 Å². The summed E-state index contributed by atoms with van der Waals surface area (Å²) >= 11 is 0. The highest BCUT2D eigenvalue weighted by atomic mass is 19.4. The first-order valence-corrected chi connectivity index (χ1v) is 8.02. The Hall–Kier alpha value is -1.57. The summed E-state index contributed by atoms with van der Waals surface area (Å²) in [5.41, 5.74) is -0.107. The first-order chi connectivity index (χ1) is 10.9. The number of rotatable bonds is 5. The van der Waals surface area contributed by atoms with Gasteiger partial charge in [0, 0.05) is 25.0 Å². The third-order valence-electron chi connectivity index (χ3n) is 4.48. The van der Waals surface area contributed by atoms with Crippen molar-refractivity contribution in [1.82, 2.24) is 14.5 Å². The number of nitrogens with zero attached hydrogens (tertiary/aromatic N) is 3. The minimum Gasteiger partial charge on any atom is -0.365 e. The number of nitrogens with one attached hydrogen (secondary N) is 1. The lowest BCUT2D eigenvalue weighted by Crippen LogP contribution is -2.41. The first-order valence-electron chi connectivity index (χ1n) is 8.02. The summed E-state index contributed by atoms with van der Waals surface area (Å²) in [4.78, 5) is 17.8. The molecule has 0 amide bonds. The van der Waals surface area contributed by atoms with Gasteiger partial charge in [0.25, 0.3) is 5.56 Å². The average molecular weight is 330 g/mol. The second-order valence-corrected chi connectivity index (χ2v) is 6.44. The Labute approximate surface area is 132 Å². The van der Waals surface area contributed by atoms with Crippen molar-refractivity contribution in [2.24, 2.45) is 5.92 Å². The van der Waals surface area contributed by atoms with Gasteiger partial charge in [0.2, 0.25) is 0 Å². The molecule has 1 saturated carbocycles. The van der Waals surface area contributed by atoms with Crippen LogP contribution in [0, 0.1) is 5.92 Å². The van der Waals surface area contributed by atoms with E-state index in [1.54, 1.807) is 17.0 Å². The molecule has 23 heavy (non-hydrogen) atoms. The van der Waals surface area contributed by atoms with Gasteiger partial charge in [-0.05, 0) is 44.7 Å². The highest BCUT2D eigenvalue weighted by Gasteiger charge is 2.32. The van der Waals surface area contributed by atoms with Gasteiger partial charge >= 0.3 is 6.18 Å². The molecular weight excluding hydrogens is 309 g/mol. The highest BCUT2D eigenvalue weighted by Crippen LogP contribution is 2.33. The smallest absolute Gasteiger partial charge is 0.365 e. The maximum Gasteiger partial charge on any atom is 0.401 e. The molecule has 0 spiro atoms. The molecule has 1 aliphatic heterocycles. The number of halogens is 3. The lowest BCUT2D eigenvalue weighted by molar-refractivity contribution is -0.148. The number of anilines is 1. The van der Waals surface area contributed by atoms with Crippen molar-refractivity contribution in [3.05, 3.63) is 22.7 Å². The first kappa shape index (κ1) is 16.3. The van der Waals surface area contributed by atoms with E-state index < -0.39 is 12.7 Å². The molecule has 128 valence electrons. The van der Waals surface area contributed by atoms with Gasteiger partial charge in [0.05, 0.1) is 6.54 Å². The van der Waals surface area contributed by atoms with E-state index in [0.29, 0.717) is 44.3 Å². The number of likely N-dealkylation sites (tertiary alicyclic amines) is 1. The third kappa shape index (κ3) is 4.46. The van der Waals surface area contributed by atoms with Crippen LogP contribution in [0.15, 0.2) is 17.2 Å². The molecule has 0 unspecified atom stereocenters. The van der Waals surface area contributed by atoms with Crippen LogP contribution in [0.4, 0.5) is 19.0 Å². The van der Waals surface area contributed by atoms with Gasteiger partial charge in [-0.25, -0.2) is 4.98 Å². The molecule has 0 atom stereocenters. The summed E-state index contributed by atoms with van der Waals surface area (Å²) in [7, 11) is 0. The van der Waals surface area contributed by atoms with E-state index in [-0.39, 0.29) is 11.5 Å². The molecule has 1 saturated heterocycles. The topological polar surface area (TPSA) is 50.2 Å². The monoisotopic (exact) mass is 330 g/mol. The van der Waals surface area contributed by atoms with Crippen LogP contribution in [-0.4, -0.2) is 46.8 Å². The lowest BCUT2D eigenvalue weighted by Gasteiger charge is -2.32. The molecule has 1 aromatic heterocycles. The van der Waals surface area contributed by atoms with Crippen molar-refractivity contribution in [2.45, 2.75) is 37.9 Å². The van der Waals surface area contributed by atoms with Crippen LogP contribution in [0.2, 0.25) is 0 Å². The second kappa shape index (κ2) is 6.51. The van der Waals surface area contributed by atoms with Gasteiger partial charge in [-0.2, -0.15) is 13.2 Å². The van der Waals surface area contributed by atoms with Crippen LogP contribution < -0.4 is 10.9 Å². The fourth-order valence-electron chi connectivity index (χ4n) is 3.03. The number of hydrogen-bond acceptors (Lipinski definition) is 4. The molecule has 2 fully saturated rings. The van der Waals surface area contributed by atoms with Crippen molar-refractivity contribution in [3.8, 4) is 0 Å². The third-order valence-corrected chi connectivity index (χ3v) is 4.48. The minimum atomic E-state index is -4.13. The van der Waals surface area contributed by atoms with E-state index in [1.807, 2.05) is 0 Å². The molecule has 0 bridgehead atoms. The Morgan fingerprint density at radius 3 is 2.52 bits per heavy atom. The fourth-order valence-corrected chi connectivity index (χ4v) is 3.03. The van der Waals surface area contributed by atoms with Gasteiger partial charge < -0.3 is 9.88 Å². The number of alkyl halides is 3. The van der Waals surface area contributed by atoms with Crippen molar-refractivity contribution < 1.29 is 13.2 Å². The van der Waals surface area contributed by atoms with Gasteiger partial charge in [-0.1, -0.05) is 0 Å². The van der Waals surface area contributed by atoms with Crippen LogP contribution >= 0.6 is 0 Å². The van der Waals surface area contributed by atoms with E-state index in [4.69, 9.17) is 0 Å². The predicted octanol–water partition coefficient (Wildman–Crippen LogP) is 2.26. The quantitative estimate of drug-likeness (QED) is 0.900. The Morgan fingerprint density at radius 2 is 1.91 bits per heavy atom. The van der Waals surface area contributed by atoms with Gasteiger partial charge in [0.1, 0.15) is 0 Å². The minimum absolute atomic E-state index is 0.107. The van der Waals surface area contributed by atoms with Crippen molar-refractivity contribution in [1.29, 1.82) is 0 Å². The summed E-state index contributed by atoms with van der Waals surface area (Å²) < 4.78 is 38.8. The molecule has 2 aliphatic rings. The van der Waals surface area contributed by atoms with E-state index in [9.17, 15) is 18.0 Å². The lowest BCUT2D eigenvalue weighted by atomic mass is 9.97. The molecule has 1 N–H and O–H groups in total. The van der Waals surface area contributed by atoms with E-state index >= 15 is 0 Å². The summed E-state index contributed by atoms with van der Waals surface area (Å²) in [5.74, 6) is 0.618. The standard InChI is InChI=1S/C15H21F3N4O/c16-15(17,18)10-21-6-3-11(4-7-21)9-20-13-14(23)22(8-5-19-13)12-1-2-12/h5,8,11-12H,1-4,6-7,9-10H2,(H,19,20). The summed E-state index contributed by atoms with van der Waals surface area (Å²) in [6, 6.07) is 0.302. The Kier molecular flexibility index (Phi) is 4.61. The van der Waals surface area contributed by atoms with Crippen LogP contribution in [-0.2, 0) is 0 Å². The van der Waals surface area contributed by atoms with Crippen LogP contribution in [0.25, 0.3) is 0 Å². The van der Waals surface area contributed by atoms with Gasteiger partial charge in [-0.3, -0.25) is 9.69 Å². The molecule has 3 rings (SSSR count). The van der Waals surface area contributed by atoms with Crippen molar-refractivity contribution in [3.63, 3.8) is 0 Å². The summed E-state index contributed by atoms with van der Waals surface area (Å²) in [6.45, 7) is 0.636. The molecule has 1 aromatic rings. The Bertz CT molecular complexity index is 589. The zero-order valence-corrected chi connectivity index (χ0v) is 12.9. The average Bonchev–Trinajstić information content (AvgIpc) is 3.31. The van der Waals surface area contributed by atoms with Gasteiger partial charge in [0.15, 0.2) is 5.82 Å². The zero-order chi connectivity index (χ0) is 16.4. The number of aromatic nitrogens is 2. The van der Waals surface area contributed by atoms with Gasteiger partial charge in [-0.15, -0.1) is 0 Å². The van der Waals surface area contributed by atoms with E-state index in [0.717, 1.165) is 12.8 Å². The Balaban J connectivity index is 1.49. The maximum atomic E-state index is 12.4. The van der Waals surface area contributed by atoms with Crippen LogP contribution in [0.1, 0.15) is 31.7 Å². The van der Waals surface area contributed by atoms with Crippen molar-refractivity contribution >= 4 is 5.82 Å². The normalized spacial score (nSPS) is 20.7. The largest absolute Gasteiger partial charge is 0.401 e. The number of piperidine rings is 1. The van der Waals surface area contributed by atoms with Crippen LogP contribution in [0.3, 0.4) is 0 Å². The van der Waals surface area contributed by atoms with E-state index in [1.165, 1.54) is 4.90 Å². The Morgan fingerprint density at radius 1 is 1.22 bits per heavy atom. The molecule has 1 aliphatic carbocycles. The molecular formula is C15H21F3N4O. The molecule has 0 radical (unpaired) electrons. The maximum absolute atomic E-state index is 12.4.